The SMILES string of the molecule is CC(C1CCN1C(=O)n1cnc(Cl)n1)N(C)c1nc(OC[C@@]23CCCN2C[C@H](F)C3)nc2c(F)c(-c3ccc(F)c4sc(N)c(C#N)c34)c(Cl)cc12. The van der Waals surface area contributed by atoms with Crippen molar-refractivity contribution in [2.45, 2.75) is 56.4 Å². The third-order valence-corrected chi connectivity index (χ3v) is 12.2. The number of hydrogen-bond acceptors (Lipinski definition) is 11. The van der Waals surface area contributed by atoms with Crippen molar-refractivity contribution in [2.75, 3.05) is 43.9 Å². The fourth-order valence-electron chi connectivity index (χ4n) is 7.96. The molecule has 18 heteroatoms. The van der Waals surface area contributed by atoms with Crippen LogP contribution < -0.4 is 15.4 Å². The lowest BCUT2D eigenvalue weighted by atomic mass is 9.95. The molecule has 0 radical (unpaired) electrons. The van der Waals surface area contributed by atoms with E-state index in [1.54, 1.807) is 11.9 Å². The average molecular weight is 772 g/mol. The van der Waals surface area contributed by atoms with E-state index in [1.165, 1.54) is 24.5 Å². The number of rotatable bonds is 7. The largest absolute Gasteiger partial charge is 0.461 e. The first-order valence-corrected chi connectivity index (χ1v) is 18.2. The molecule has 3 aromatic heterocycles. The summed E-state index contributed by atoms with van der Waals surface area (Å²) in [5.74, 6) is -1.17. The van der Waals surface area contributed by atoms with Crippen LogP contribution in [0.1, 0.15) is 38.2 Å². The molecule has 2 aromatic carbocycles. The van der Waals surface area contributed by atoms with Crippen LogP contribution in [-0.4, -0.2) is 97.6 Å². The summed E-state index contributed by atoms with van der Waals surface area (Å²) < 4.78 is 54.1. The number of carbonyl (C=O) groups is 1. The lowest BCUT2D eigenvalue weighted by Crippen LogP contribution is -2.60. The molecule has 3 fully saturated rings. The van der Waals surface area contributed by atoms with Gasteiger partial charge >= 0.3 is 12.0 Å². The molecular weight excluding hydrogens is 740 g/mol. The zero-order valence-electron chi connectivity index (χ0n) is 27.9. The van der Waals surface area contributed by atoms with Crippen LogP contribution in [0.15, 0.2) is 24.5 Å². The summed E-state index contributed by atoms with van der Waals surface area (Å²) in [6, 6.07) is 4.90. The van der Waals surface area contributed by atoms with Crippen molar-refractivity contribution in [3.05, 3.63) is 52.0 Å². The van der Waals surface area contributed by atoms with Crippen molar-refractivity contribution in [3.8, 4) is 23.2 Å². The van der Waals surface area contributed by atoms with Gasteiger partial charge in [0.1, 0.15) is 47.3 Å². The van der Waals surface area contributed by atoms with E-state index in [0.29, 0.717) is 25.9 Å². The predicted octanol–water partition coefficient (Wildman–Crippen LogP) is 6.66. The number of amides is 1. The van der Waals surface area contributed by atoms with Crippen molar-refractivity contribution in [1.82, 2.24) is 34.5 Å². The van der Waals surface area contributed by atoms with Gasteiger partial charge in [0.2, 0.25) is 5.28 Å². The summed E-state index contributed by atoms with van der Waals surface area (Å²) in [4.78, 5) is 31.9. The molecule has 2 unspecified atom stereocenters. The van der Waals surface area contributed by atoms with Gasteiger partial charge in [-0.3, -0.25) is 4.90 Å². The number of ether oxygens (including phenoxy) is 1. The molecule has 12 nitrogen and oxygen atoms in total. The van der Waals surface area contributed by atoms with Gasteiger partial charge in [-0.25, -0.2) is 22.9 Å². The first-order valence-electron chi connectivity index (χ1n) is 16.6. The van der Waals surface area contributed by atoms with Crippen molar-refractivity contribution < 1.29 is 22.7 Å². The highest BCUT2D eigenvalue weighted by atomic mass is 35.5. The smallest absolute Gasteiger partial charge is 0.346 e. The average Bonchev–Trinajstić information content (AvgIpc) is 3.86. The van der Waals surface area contributed by atoms with E-state index in [9.17, 15) is 18.8 Å². The summed E-state index contributed by atoms with van der Waals surface area (Å²) >= 11 is 13.6. The summed E-state index contributed by atoms with van der Waals surface area (Å²) in [6.45, 7) is 3.56. The van der Waals surface area contributed by atoms with Crippen LogP contribution in [0.5, 0.6) is 6.01 Å². The van der Waals surface area contributed by atoms with Crippen LogP contribution in [-0.2, 0) is 0 Å². The Morgan fingerprint density at radius 2 is 2.10 bits per heavy atom. The molecule has 3 aliphatic heterocycles. The minimum atomic E-state index is -0.982. The number of likely N-dealkylation sites (N-methyl/N-ethyl adjacent to an activating group) is 1. The first-order chi connectivity index (χ1) is 24.9. The number of anilines is 2. The van der Waals surface area contributed by atoms with Crippen molar-refractivity contribution in [1.29, 1.82) is 5.26 Å². The molecule has 270 valence electrons. The molecule has 1 amide bonds. The van der Waals surface area contributed by atoms with Crippen LogP contribution in [0, 0.1) is 23.0 Å². The lowest BCUT2D eigenvalue weighted by Gasteiger charge is -2.46. The molecule has 0 spiro atoms. The maximum absolute atomic E-state index is 17.1. The number of alkyl halides is 1. The Morgan fingerprint density at radius 3 is 2.81 bits per heavy atom. The van der Waals surface area contributed by atoms with Crippen LogP contribution in [0.3, 0.4) is 0 Å². The van der Waals surface area contributed by atoms with E-state index in [1.807, 2.05) is 17.9 Å². The molecule has 3 aliphatic rings. The number of thiophene rings is 1. The minimum absolute atomic E-state index is 0.0156. The van der Waals surface area contributed by atoms with Gasteiger partial charge in [0.25, 0.3) is 0 Å². The van der Waals surface area contributed by atoms with E-state index in [-0.39, 0.29) is 83.5 Å². The van der Waals surface area contributed by atoms with Crippen LogP contribution in [0.25, 0.3) is 32.1 Å². The van der Waals surface area contributed by atoms with Gasteiger partial charge in [0, 0.05) is 48.9 Å². The van der Waals surface area contributed by atoms with E-state index in [2.05, 4.69) is 20.0 Å². The number of fused-ring (bicyclic) bond motifs is 3. The topological polar surface area (TPSA) is 142 Å². The number of nitrogens with two attached hydrogens (primary N) is 1. The van der Waals surface area contributed by atoms with Gasteiger partial charge in [0.15, 0.2) is 5.82 Å². The summed E-state index contributed by atoms with van der Waals surface area (Å²) in [6.07, 6.45) is 2.89. The van der Waals surface area contributed by atoms with E-state index < -0.39 is 29.4 Å². The van der Waals surface area contributed by atoms with Crippen molar-refractivity contribution in [3.63, 3.8) is 0 Å². The molecule has 3 saturated heterocycles. The van der Waals surface area contributed by atoms with Crippen molar-refractivity contribution in [2.24, 2.45) is 0 Å². The van der Waals surface area contributed by atoms with E-state index in [4.69, 9.17) is 38.7 Å². The Balaban J connectivity index is 1.23. The standard InChI is InChI=1S/C34H31Cl2F3N10O2S/c1-16(23-6-9-48(23)33(50)49-15-42-31(36)45-49)46(2)30-19-10-21(35)25(18-4-5-22(38)28-24(18)20(12-40)29(41)52-28)26(39)27(19)43-32(44-30)51-14-34-7-3-8-47(34)13-17(37)11-34/h4-5,10,15-17,23H,3,6-9,11,13-14,41H2,1-2H3/t16?,17-,23?,34+/m1/s1. The van der Waals surface area contributed by atoms with Gasteiger partial charge in [0.05, 0.1) is 26.9 Å². The van der Waals surface area contributed by atoms with Crippen LogP contribution >= 0.6 is 34.5 Å². The van der Waals surface area contributed by atoms with Crippen LogP contribution in [0.2, 0.25) is 10.3 Å². The second-order valence-corrected chi connectivity index (χ2v) is 15.3. The molecule has 6 heterocycles. The highest BCUT2D eigenvalue weighted by Gasteiger charge is 2.49. The fourth-order valence-corrected chi connectivity index (χ4v) is 9.33. The monoisotopic (exact) mass is 770 g/mol. The fraction of sp³-hybridized carbons (Fsp3) is 0.412. The molecule has 0 saturated carbocycles. The van der Waals surface area contributed by atoms with Gasteiger partial charge in [-0.15, -0.1) is 16.4 Å². The molecule has 8 rings (SSSR count). The number of benzene rings is 2. The van der Waals surface area contributed by atoms with Crippen LogP contribution in [0.4, 0.5) is 28.8 Å². The maximum Gasteiger partial charge on any atom is 0.346 e. The number of carbonyl (C=O) groups excluding carboxylic acids is 1. The minimum Gasteiger partial charge on any atom is -0.461 e. The first kappa shape index (κ1) is 34.6. The molecule has 0 aliphatic carbocycles. The van der Waals surface area contributed by atoms with E-state index in [0.717, 1.165) is 35.4 Å². The zero-order chi connectivity index (χ0) is 36.6. The van der Waals surface area contributed by atoms with Crippen molar-refractivity contribution >= 4 is 72.4 Å². The summed E-state index contributed by atoms with van der Waals surface area (Å²) in [7, 11) is 1.77. The number of halogens is 5. The Morgan fingerprint density at radius 1 is 1.29 bits per heavy atom. The Bertz CT molecular complexity index is 2320. The van der Waals surface area contributed by atoms with Gasteiger partial charge in [-0.2, -0.15) is 19.9 Å². The van der Waals surface area contributed by atoms with E-state index >= 15 is 4.39 Å². The van der Waals surface area contributed by atoms with Gasteiger partial charge in [-0.05, 0) is 62.0 Å². The highest BCUT2D eigenvalue weighted by Crippen LogP contribution is 2.46. The lowest BCUT2D eigenvalue weighted by molar-refractivity contribution is 0.0991. The number of hydrogen-bond donors (Lipinski definition) is 1. The quantitative estimate of drug-likeness (QED) is 0.191. The molecule has 4 atom stereocenters. The van der Waals surface area contributed by atoms with Gasteiger partial charge in [-0.1, -0.05) is 17.7 Å². The Labute approximate surface area is 309 Å². The third-order valence-electron chi connectivity index (χ3n) is 10.7. The number of likely N-dealkylation sites (tertiary alicyclic amines) is 1. The third kappa shape index (κ3) is 5.48. The summed E-state index contributed by atoms with van der Waals surface area (Å²) in [5.41, 5.74) is 5.51. The molecule has 0 bridgehead atoms. The normalized spacial score (nSPS) is 22.1. The highest BCUT2D eigenvalue weighted by molar-refractivity contribution is 7.23. The maximum atomic E-state index is 17.1. The number of aromatic nitrogens is 5. The number of nitrogen functional groups attached to an aromatic ring is 1. The molecule has 52 heavy (non-hydrogen) atoms. The molecular formula is C34H31Cl2F3N10O2S. The van der Waals surface area contributed by atoms with Gasteiger partial charge < -0.3 is 20.3 Å². The Kier molecular flexibility index (Phi) is 8.60. The zero-order valence-corrected chi connectivity index (χ0v) is 30.2. The number of nitriles is 1. The number of nitrogens with zero attached hydrogens (tertiary/aromatic N) is 9. The predicted molar refractivity (Wildman–Crippen MR) is 192 cm³/mol. The summed E-state index contributed by atoms with van der Waals surface area (Å²) in [5, 5.41) is 14.2. The second kappa shape index (κ2) is 12.9. The molecule has 5 aromatic rings. The second-order valence-electron chi connectivity index (χ2n) is 13.5. The molecule has 2 N–H and O–H groups in total. The Hall–Kier alpha value is -4.43.